The van der Waals surface area contributed by atoms with Gasteiger partial charge in [-0.1, -0.05) is 19.0 Å². The number of nitrogens with one attached hydrogen (secondary N) is 2. The number of hydrogen-bond donors (Lipinski definition) is 2. The summed E-state index contributed by atoms with van der Waals surface area (Å²) in [6, 6.07) is 2.24. The molecule has 0 aliphatic heterocycles. The third kappa shape index (κ3) is 8.24. The first-order valence-corrected chi connectivity index (χ1v) is 9.59. The molecule has 28 heavy (non-hydrogen) atoms. The lowest BCUT2D eigenvalue weighted by molar-refractivity contribution is 0.0238. The van der Waals surface area contributed by atoms with Crippen molar-refractivity contribution in [2.45, 2.75) is 71.6 Å². The molecular formula is C19H34IN5O3. The normalized spacial score (nSPS) is 14.5. The fourth-order valence-corrected chi connectivity index (χ4v) is 2.50. The number of carbonyl (C=O) groups excluding carboxylic acids is 1. The fraction of sp³-hybridized carbons (Fsp3) is 0.737. The molecule has 1 aliphatic rings. The SMILES string of the molecule is CN=C(NCCN(C(=O)OC(C)(C)C)C1CC1)NCc1cc(C(C)C)no1.I. The number of rotatable bonds is 7. The van der Waals surface area contributed by atoms with Gasteiger partial charge in [0.25, 0.3) is 0 Å². The van der Waals surface area contributed by atoms with Crippen LogP contribution in [0.5, 0.6) is 0 Å². The molecule has 1 aliphatic carbocycles. The Balaban J connectivity index is 0.00000392. The highest BCUT2D eigenvalue weighted by Crippen LogP contribution is 2.28. The van der Waals surface area contributed by atoms with E-state index in [1.54, 1.807) is 11.9 Å². The Morgan fingerprint density at radius 2 is 2.07 bits per heavy atom. The summed E-state index contributed by atoms with van der Waals surface area (Å²) >= 11 is 0. The first-order valence-electron chi connectivity index (χ1n) is 9.59. The van der Waals surface area contributed by atoms with E-state index in [9.17, 15) is 4.79 Å². The van der Waals surface area contributed by atoms with Crippen LogP contribution in [0.4, 0.5) is 4.79 Å². The van der Waals surface area contributed by atoms with Crippen molar-refractivity contribution in [3.05, 3.63) is 17.5 Å². The second kappa shape index (κ2) is 10.9. The lowest BCUT2D eigenvalue weighted by atomic mass is 10.1. The maximum atomic E-state index is 12.4. The average molecular weight is 507 g/mol. The van der Waals surface area contributed by atoms with Crippen molar-refractivity contribution in [3.8, 4) is 0 Å². The molecule has 0 saturated heterocycles. The highest BCUT2D eigenvalue weighted by atomic mass is 127. The van der Waals surface area contributed by atoms with Crippen molar-refractivity contribution in [2.75, 3.05) is 20.1 Å². The van der Waals surface area contributed by atoms with Crippen LogP contribution < -0.4 is 10.6 Å². The van der Waals surface area contributed by atoms with Crippen LogP contribution in [0.15, 0.2) is 15.6 Å². The van der Waals surface area contributed by atoms with Gasteiger partial charge in [-0.2, -0.15) is 0 Å². The van der Waals surface area contributed by atoms with Crippen LogP contribution in [-0.2, 0) is 11.3 Å². The summed E-state index contributed by atoms with van der Waals surface area (Å²) in [6.07, 6.45) is 1.82. The highest BCUT2D eigenvalue weighted by molar-refractivity contribution is 14.0. The zero-order valence-electron chi connectivity index (χ0n) is 17.7. The van der Waals surface area contributed by atoms with Gasteiger partial charge in [0, 0.05) is 32.2 Å². The molecule has 1 aromatic heterocycles. The number of guanidine groups is 1. The minimum atomic E-state index is -0.485. The molecule has 0 bridgehead atoms. The quantitative estimate of drug-likeness (QED) is 0.334. The van der Waals surface area contributed by atoms with E-state index in [-0.39, 0.29) is 30.1 Å². The van der Waals surface area contributed by atoms with Crippen LogP contribution in [-0.4, -0.2) is 53.9 Å². The van der Waals surface area contributed by atoms with Crippen molar-refractivity contribution in [3.63, 3.8) is 0 Å². The summed E-state index contributed by atoms with van der Waals surface area (Å²) in [5.41, 5.74) is 0.452. The molecule has 1 amide bonds. The van der Waals surface area contributed by atoms with Gasteiger partial charge in [-0.25, -0.2) is 4.79 Å². The number of carbonyl (C=O) groups is 1. The molecule has 160 valence electrons. The number of aliphatic imine (C=N–C) groups is 1. The number of nitrogens with zero attached hydrogens (tertiary/aromatic N) is 3. The highest BCUT2D eigenvalue weighted by Gasteiger charge is 2.34. The van der Waals surface area contributed by atoms with Crippen molar-refractivity contribution < 1.29 is 14.1 Å². The van der Waals surface area contributed by atoms with Crippen LogP contribution in [0.2, 0.25) is 0 Å². The minimum absolute atomic E-state index is 0. The number of ether oxygens (including phenoxy) is 1. The molecule has 1 fully saturated rings. The van der Waals surface area contributed by atoms with Crippen molar-refractivity contribution >= 4 is 36.0 Å². The Hall–Kier alpha value is -1.52. The Labute approximate surface area is 184 Å². The van der Waals surface area contributed by atoms with Gasteiger partial charge in [0.15, 0.2) is 11.7 Å². The summed E-state index contributed by atoms with van der Waals surface area (Å²) in [7, 11) is 1.71. The van der Waals surface area contributed by atoms with Gasteiger partial charge in [0.1, 0.15) is 5.60 Å². The Morgan fingerprint density at radius 3 is 2.57 bits per heavy atom. The van der Waals surface area contributed by atoms with Crippen LogP contribution in [0.25, 0.3) is 0 Å². The fourth-order valence-electron chi connectivity index (χ4n) is 2.50. The number of hydrogen-bond acceptors (Lipinski definition) is 5. The maximum Gasteiger partial charge on any atom is 0.410 e. The molecule has 0 atom stereocenters. The van der Waals surface area contributed by atoms with Crippen LogP contribution in [0, 0.1) is 0 Å². The van der Waals surface area contributed by atoms with E-state index in [4.69, 9.17) is 9.26 Å². The standard InChI is InChI=1S/C19H33N5O3.HI/c1-13(2)16-11-15(27-23-16)12-22-17(20-6)21-9-10-24(14-7-8-14)18(25)26-19(3,4)5;/h11,13-14H,7-10,12H2,1-6H3,(H2,20,21,22);1H. The van der Waals surface area contributed by atoms with Gasteiger partial charge in [-0.3, -0.25) is 4.99 Å². The third-order valence-electron chi connectivity index (χ3n) is 4.08. The summed E-state index contributed by atoms with van der Waals surface area (Å²) in [5, 5.41) is 10.5. The van der Waals surface area contributed by atoms with E-state index in [2.05, 4.69) is 34.6 Å². The minimum Gasteiger partial charge on any atom is -0.444 e. The van der Waals surface area contributed by atoms with Crippen LogP contribution in [0.3, 0.4) is 0 Å². The first kappa shape index (κ1) is 24.5. The Morgan fingerprint density at radius 1 is 1.39 bits per heavy atom. The molecule has 9 heteroatoms. The molecule has 0 radical (unpaired) electrons. The zero-order valence-corrected chi connectivity index (χ0v) is 20.1. The second-order valence-electron chi connectivity index (χ2n) is 8.13. The van der Waals surface area contributed by atoms with Gasteiger partial charge in [-0.05, 0) is 39.5 Å². The zero-order chi connectivity index (χ0) is 20.0. The predicted molar refractivity (Wildman–Crippen MR) is 120 cm³/mol. The molecule has 0 unspecified atom stereocenters. The van der Waals surface area contributed by atoms with E-state index in [1.165, 1.54) is 0 Å². The Bertz CT molecular complexity index is 650. The third-order valence-corrected chi connectivity index (χ3v) is 4.08. The molecular weight excluding hydrogens is 473 g/mol. The van der Waals surface area contributed by atoms with Crippen LogP contribution in [0.1, 0.15) is 64.8 Å². The molecule has 1 saturated carbocycles. The molecule has 1 aromatic rings. The lowest BCUT2D eigenvalue weighted by Crippen LogP contribution is -2.45. The topological polar surface area (TPSA) is 92.0 Å². The summed E-state index contributed by atoms with van der Waals surface area (Å²) < 4.78 is 10.8. The summed E-state index contributed by atoms with van der Waals surface area (Å²) in [5.74, 6) is 1.74. The van der Waals surface area contributed by atoms with Gasteiger partial charge in [0.05, 0.1) is 12.2 Å². The summed E-state index contributed by atoms with van der Waals surface area (Å²) in [6.45, 7) is 11.5. The van der Waals surface area contributed by atoms with Gasteiger partial charge >= 0.3 is 6.09 Å². The molecule has 0 spiro atoms. The second-order valence-corrected chi connectivity index (χ2v) is 8.13. The van der Waals surface area contributed by atoms with E-state index < -0.39 is 5.60 Å². The number of amides is 1. The van der Waals surface area contributed by atoms with Crippen LogP contribution >= 0.6 is 24.0 Å². The van der Waals surface area contributed by atoms with E-state index >= 15 is 0 Å². The van der Waals surface area contributed by atoms with E-state index in [1.807, 2.05) is 26.8 Å². The van der Waals surface area contributed by atoms with Crippen molar-refractivity contribution in [1.82, 2.24) is 20.7 Å². The van der Waals surface area contributed by atoms with Gasteiger partial charge in [-0.15, -0.1) is 24.0 Å². The first-order chi connectivity index (χ1) is 12.7. The number of aromatic nitrogens is 1. The van der Waals surface area contributed by atoms with Crippen molar-refractivity contribution in [2.24, 2.45) is 4.99 Å². The Kier molecular flexibility index (Phi) is 9.52. The van der Waals surface area contributed by atoms with Gasteiger partial charge < -0.3 is 24.8 Å². The number of halogens is 1. The van der Waals surface area contributed by atoms with E-state index in [0.29, 0.717) is 37.6 Å². The van der Waals surface area contributed by atoms with E-state index in [0.717, 1.165) is 24.3 Å². The monoisotopic (exact) mass is 507 g/mol. The summed E-state index contributed by atoms with van der Waals surface area (Å²) in [4.78, 5) is 18.4. The largest absolute Gasteiger partial charge is 0.444 e. The molecule has 0 aromatic carbocycles. The average Bonchev–Trinajstić information content (AvgIpc) is 3.28. The maximum absolute atomic E-state index is 12.4. The predicted octanol–water partition coefficient (Wildman–Crippen LogP) is 3.48. The van der Waals surface area contributed by atoms with Crippen molar-refractivity contribution in [1.29, 1.82) is 0 Å². The van der Waals surface area contributed by atoms with Gasteiger partial charge in [0.2, 0.25) is 0 Å². The molecule has 8 nitrogen and oxygen atoms in total. The molecule has 1 heterocycles. The smallest absolute Gasteiger partial charge is 0.410 e. The molecule has 2 N–H and O–H groups in total. The molecule has 2 rings (SSSR count). The lowest BCUT2D eigenvalue weighted by Gasteiger charge is -2.27.